The second-order valence-electron chi connectivity index (χ2n) is 5.27. The molecule has 1 aromatic carbocycles. The lowest BCUT2D eigenvalue weighted by molar-refractivity contribution is 0.0241. The molecular formula is C14H20N2O. The van der Waals surface area contributed by atoms with Crippen molar-refractivity contribution in [3.05, 3.63) is 34.9 Å². The summed E-state index contributed by atoms with van der Waals surface area (Å²) in [6.07, 6.45) is 1.80. The predicted octanol–water partition coefficient (Wildman–Crippen LogP) is 1.42. The van der Waals surface area contributed by atoms with E-state index in [4.69, 9.17) is 0 Å². The molecule has 0 radical (unpaired) electrons. The Kier molecular flexibility index (Phi) is 2.90. The van der Waals surface area contributed by atoms with Crippen LogP contribution in [0.3, 0.4) is 0 Å². The van der Waals surface area contributed by atoms with E-state index < -0.39 is 0 Å². The van der Waals surface area contributed by atoms with Crippen molar-refractivity contribution < 1.29 is 5.11 Å². The first-order valence-electron chi connectivity index (χ1n) is 6.46. The minimum Gasteiger partial charge on any atom is -0.391 e. The van der Waals surface area contributed by atoms with Crippen molar-refractivity contribution in [3.63, 3.8) is 0 Å². The summed E-state index contributed by atoms with van der Waals surface area (Å²) in [5.41, 5.74) is 4.07. The minimum atomic E-state index is -0.221. The maximum atomic E-state index is 10.2. The highest BCUT2D eigenvalue weighted by atomic mass is 16.3. The SMILES string of the molecule is CN1CCCC(O)C1c1ccc2c(c1)CNC2. The van der Waals surface area contributed by atoms with Crippen molar-refractivity contribution >= 4 is 0 Å². The molecule has 17 heavy (non-hydrogen) atoms. The molecule has 2 N–H and O–H groups in total. The van der Waals surface area contributed by atoms with Crippen molar-refractivity contribution in [3.8, 4) is 0 Å². The van der Waals surface area contributed by atoms with Gasteiger partial charge in [0.25, 0.3) is 0 Å². The van der Waals surface area contributed by atoms with Gasteiger partial charge in [-0.3, -0.25) is 4.90 Å². The van der Waals surface area contributed by atoms with Gasteiger partial charge < -0.3 is 10.4 Å². The molecule has 1 fully saturated rings. The van der Waals surface area contributed by atoms with Crippen LogP contribution in [0.2, 0.25) is 0 Å². The maximum Gasteiger partial charge on any atom is 0.0737 e. The van der Waals surface area contributed by atoms with Crippen LogP contribution in [0, 0.1) is 0 Å². The Bertz CT molecular complexity index is 409. The van der Waals surface area contributed by atoms with Crippen LogP contribution in [0.5, 0.6) is 0 Å². The van der Waals surface area contributed by atoms with E-state index in [1.165, 1.54) is 16.7 Å². The number of benzene rings is 1. The Hall–Kier alpha value is -0.900. The van der Waals surface area contributed by atoms with Gasteiger partial charge in [-0.25, -0.2) is 0 Å². The van der Waals surface area contributed by atoms with Gasteiger partial charge in [0.05, 0.1) is 12.1 Å². The van der Waals surface area contributed by atoms with Crippen molar-refractivity contribution in [2.75, 3.05) is 13.6 Å². The summed E-state index contributed by atoms with van der Waals surface area (Å²) in [6.45, 7) is 3.03. The van der Waals surface area contributed by atoms with Gasteiger partial charge in [0.15, 0.2) is 0 Å². The molecule has 3 heteroatoms. The van der Waals surface area contributed by atoms with E-state index in [1.54, 1.807) is 0 Å². The van der Waals surface area contributed by atoms with Crippen LogP contribution in [0.25, 0.3) is 0 Å². The van der Waals surface area contributed by atoms with Crippen molar-refractivity contribution in [1.29, 1.82) is 0 Å². The fraction of sp³-hybridized carbons (Fsp3) is 0.571. The highest BCUT2D eigenvalue weighted by Crippen LogP contribution is 2.31. The van der Waals surface area contributed by atoms with Crippen molar-refractivity contribution in [2.24, 2.45) is 0 Å². The standard InChI is InChI=1S/C14H20N2O/c1-16-6-2-3-13(17)14(16)10-4-5-11-8-15-9-12(11)7-10/h4-5,7,13-15,17H,2-3,6,8-9H2,1H3. The number of fused-ring (bicyclic) bond motifs is 1. The lowest BCUT2D eigenvalue weighted by Gasteiger charge is -2.37. The van der Waals surface area contributed by atoms with E-state index in [0.29, 0.717) is 0 Å². The highest BCUT2D eigenvalue weighted by Gasteiger charge is 2.29. The molecule has 2 aliphatic rings. The van der Waals surface area contributed by atoms with Gasteiger partial charge in [0.1, 0.15) is 0 Å². The molecule has 3 rings (SSSR count). The molecule has 1 saturated heterocycles. The number of hydrogen-bond acceptors (Lipinski definition) is 3. The summed E-state index contributed by atoms with van der Waals surface area (Å²) >= 11 is 0. The summed E-state index contributed by atoms with van der Waals surface area (Å²) in [7, 11) is 2.11. The molecule has 0 spiro atoms. The molecule has 0 aromatic heterocycles. The summed E-state index contributed by atoms with van der Waals surface area (Å²) in [4.78, 5) is 2.28. The van der Waals surface area contributed by atoms with E-state index in [1.807, 2.05) is 0 Å². The van der Waals surface area contributed by atoms with Gasteiger partial charge in [0.2, 0.25) is 0 Å². The zero-order valence-electron chi connectivity index (χ0n) is 10.3. The number of piperidine rings is 1. The van der Waals surface area contributed by atoms with E-state index in [-0.39, 0.29) is 12.1 Å². The van der Waals surface area contributed by atoms with Gasteiger partial charge in [-0.1, -0.05) is 18.2 Å². The molecule has 3 nitrogen and oxygen atoms in total. The fourth-order valence-corrected chi connectivity index (χ4v) is 3.12. The molecule has 2 atom stereocenters. The first-order chi connectivity index (χ1) is 8.25. The van der Waals surface area contributed by atoms with Gasteiger partial charge in [0, 0.05) is 13.1 Å². The Balaban J connectivity index is 1.92. The largest absolute Gasteiger partial charge is 0.391 e. The molecule has 0 bridgehead atoms. The predicted molar refractivity (Wildman–Crippen MR) is 67.6 cm³/mol. The number of likely N-dealkylation sites (N-methyl/N-ethyl adjacent to an activating group) is 1. The summed E-state index contributed by atoms with van der Waals surface area (Å²) in [5.74, 6) is 0. The van der Waals surface area contributed by atoms with E-state index in [0.717, 1.165) is 32.5 Å². The molecule has 92 valence electrons. The molecule has 0 saturated carbocycles. The molecule has 2 heterocycles. The van der Waals surface area contributed by atoms with Crippen LogP contribution in [0.4, 0.5) is 0 Å². The Labute approximate surface area is 102 Å². The monoisotopic (exact) mass is 232 g/mol. The fourth-order valence-electron chi connectivity index (χ4n) is 3.12. The number of nitrogens with one attached hydrogen (secondary N) is 1. The van der Waals surface area contributed by atoms with Crippen molar-refractivity contribution in [2.45, 2.75) is 38.1 Å². The first kappa shape index (κ1) is 11.2. The Morgan fingerprint density at radius 1 is 1.29 bits per heavy atom. The smallest absolute Gasteiger partial charge is 0.0737 e. The van der Waals surface area contributed by atoms with E-state index in [9.17, 15) is 5.11 Å². The summed E-state index contributed by atoms with van der Waals surface area (Å²) in [5, 5.41) is 13.5. The number of hydrogen-bond donors (Lipinski definition) is 2. The van der Waals surface area contributed by atoms with Crippen LogP contribution in [0.1, 0.15) is 35.6 Å². The Morgan fingerprint density at radius 3 is 2.94 bits per heavy atom. The lowest BCUT2D eigenvalue weighted by Crippen LogP contribution is -2.39. The van der Waals surface area contributed by atoms with Gasteiger partial charge in [-0.05, 0) is 43.1 Å². The van der Waals surface area contributed by atoms with Gasteiger partial charge in [-0.2, -0.15) is 0 Å². The molecule has 1 aromatic rings. The number of likely N-dealkylation sites (tertiary alicyclic amines) is 1. The minimum absolute atomic E-state index is 0.176. The number of rotatable bonds is 1. The molecule has 2 unspecified atom stereocenters. The summed E-state index contributed by atoms with van der Waals surface area (Å²) < 4.78 is 0. The zero-order valence-corrected chi connectivity index (χ0v) is 10.3. The number of nitrogens with zero attached hydrogens (tertiary/aromatic N) is 1. The van der Waals surface area contributed by atoms with Crippen LogP contribution in [-0.4, -0.2) is 29.7 Å². The maximum absolute atomic E-state index is 10.2. The zero-order chi connectivity index (χ0) is 11.8. The number of aliphatic hydroxyl groups is 1. The van der Waals surface area contributed by atoms with Crippen LogP contribution < -0.4 is 5.32 Å². The third kappa shape index (κ3) is 1.99. The highest BCUT2D eigenvalue weighted by molar-refractivity contribution is 5.36. The van der Waals surface area contributed by atoms with E-state index in [2.05, 4.69) is 35.5 Å². The molecule has 2 aliphatic heterocycles. The quantitative estimate of drug-likeness (QED) is 0.768. The lowest BCUT2D eigenvalue weighted by atomic mass is 9.91. The van der Waals surface area contributed by atoms with Crippen LogP contribution in [-0.2, 0) is 13.1 Å². The van der Waals surface area contributed by atoms with Gasteiger partial charge >= 0.3 is 0 Å². The topological polar surface area (TPSA) is 35.5 Å². The average molecular weight is 232 g/mol. The second kappa shape index (κ2) is 4.41. The van der Waals surface area contributed by atoms with Crippen LogP contribution >= 0.6 is 0 Å². The second-order valence-corrected chi connectivity index (χ2v) is 5.27. The molecular weight excluding hydrogens is 212 g/mol. The molecule has 0 aliphatic carbocycles. The van der Waals surface area contributed by atoms with Crippen LogP contribution in [0.15, 0.2) is 18.2 Å². The normalized spacial score (nSPS) is 29.3. The molecule has 0 amide bonds. The third-order valence-corrected chi connectivity index (χ3v) is 4.05. The summed E-state index contributed by atoms with van der Waals surface area (Å²) in [6, 6.07) is 6.83. The average Bonchev–Trinajstić information content (AvgIpc) is 2.76. The van der Waals surface area contributed by atoms with E-state index >= 15 is 0 Å². The number of aliphatic hydroxyl groups excluding tert-OH is 1. The third-order valence-electron chi connectivity index (χ3n) is 4.05. The van der Waals surface area contributed by atoms with Gasteiger partial charge in [-0.15, -0.1) is 0 Å². The first-order valence-corrected chi connectivity index (χ1v) is 6.46. The Morgan fingerprint density at radius 2 is 2.12 bits per heavy atom. The van der Waals surface area contributed by atoms with Crippen molar-refractivity contribution in [1.82, 2.24) is 10.2 Å².